The molecule has 0 radical (unpaired) electrons. The molecule has 1 heterocycles. The van der Waals surface area contributed by atoms with Gasteiger partial charge >= 0.3 is 0 Å². The summed E-state index contributed by atoms with van der Waals surface area (Å²) in [4.78, 5) is 1.70. The van der Waals surface area contributed by atoms with Gasteiger partial charge in [0.2, 0.25) is 10.0 Å². The Morgan fingerprint density at radius 3 is 2.52 bits per heavy atom. The van der Waals surface area contributed by atoms with Crippen LogP contribution in [0.5, 0.6) is 0 Å². The zero-order valence-corrected chi connectivity index (χ0v) is 15.3. The molecule has 124 valence electrons. The van der Waals surface area contributed by atoms with E-state index in [-0.39, 0.29) is 5.41 Å². The molecule has 0 atom stereocenters. The van der Waals surface area contributed by atoms with E-state index >= 15 is 0 Å². The molecule has 3 nitrogen and oxygen atoms in total. The van der Waals surface area contributed by atoms with Gasteiger partial charge in [0.25, 0.3) is 0 Å². The van der Waals surface area contributed by atoms with E-state index in [9.17, 15) is 8.42 Å². The first-order valence-corrected chi connectivity index (χ1v) is 10.4. The van der Waals surface area contributed by atoms with Crippen LogP contribution in [0.25, 0.3) is 0 Å². The lowest BCUT2D eigenvalue weighted by Crippen LogP contribution is -2.38. The minimum atomic E-state index is -3.47. The maximum absolute atomic E-state index is 12.7. The Bertz CT molecular complexity index is 773. The molecule has 0 aliphatic heterocycles. The number of sulfonamides is 1. The Morgan fingerprint density at radius 1 is 1.17 bits per heavy atom. The van der Waals surface area contributed by atoms with E-state index < -0.39 is 10.0 Å². The highest BCUT2D eigenvalue weighted by Gasteiger charge is 2.37. The van der Waals surface area contributed by atoms with Crippen LogP contribution in [0.15, 0.2) is 40.6 Å². The molecule has 5 heteroatoms. The number of hydrogen-bond donors (Lipinski definition) is 1. The first-order chi connectivity index (χ1) is 10.9. The van der Waals surface area contributed by atoms with Gasteiger partial charge in [0, 0.05) is 16.8 Å². The first-order valence-electron chi connectivity index (χ1n) is 8.04. The van der Waals surface area contributed by atoms with Crippen molar-refractivity contribution in [2.45, 2.75) is 49.8 Å². The van der Waals surface area contributed by atoms with E-state index in [2.05, 4.69) is 22.2 Å². The van der Waals surface area contributed by atoms with E-state index in [1.54, 1.807) is 17.4 Å². The molecule has 0 saturated heterocycles. The molecule has 1 aromatic heterocycles. The van der Waals surface area contributed by atoms with Crippen molar-refractivity contribution in [2.24, 2.45) is 0 Å². The number of thiophene rings is 1. The van der Waals surface area contributed by atoms with Crippen molar-refractivity contribution in [1.29, 1.82) is 0 Å². The van der Waals surface area contributed by atoms with Crippen LogP contribution in [0, 0.1) is 13.8 Å². The first kappa shape index (κ1) is 16.7. The average molecular weight is 350 g/mol. The molecule has 0 bridgehead atoms. The van der Waals surface area contributed by atoms with Crippen molar-refractivity contribution in [3.05, 3.63) is 51.7 Å². The van der Waals surface area contributed by atoms with Crippen LogP contribution in [0.2, 0.25) is 0 Å². The molecule has 2 aromatic rings. The Morgan fingerprint density at radius 2 is 1.91 bits per heavy atom. The smallest absolute Gasteiger partial charge is 0.210 e. The quantitative estimate of drug-likeness (QED) is 0.881. The second-order valence-corrected chi connectivity index (χ2v) is 9.24. The number of benzene rings is 1. The van der Waals surface area contributed by atoms with Crippen LogP contribution < -0.4 is 4.72 Å². The minimum absolute atomic E-state index is 0.0279. The van der Waals surface area contributed by atoms with E-state index in [1.807, 2.05) is 26.0 Å². The molecule has 0 unspecified atom stereocenters. The number of aryl methyl sites for hydroxylation is 2. The lowest BCUT2D eigenvalue weighted by molar-refractivity contribution is 0.440. The highest BCUT2D eigenvalue weighted by molar-refractivity contribution is 7.89. The molecule has 1 aromatic carbocycles. The van der Waals surface area contributed by atoms with Gasteiger partial charge in [-0.05, 0) is 49.8 Å². The third kappa shape index (κ3) is 3.37. The second kappa shape index (κ2) is 6.38. The van der Waals surface area contributed by atoms with Gasteiger partial charge in [-0.1, -0.05) is 36.6 Å². The van der Waals surface area contributed by atoms with E-state index in [1.165, 1.54) is 17.7 Å². The molecule has 23 heavy (non-hydrogen) atoms. The molecule has 3 rings (SSSR count). The highest BCUT2D eigenvalue weighted by atomic mass is 32.2. The summed E-state index contributed by atoms with van der Waals surface area (Å²) in [5.41, 5.74) is 1.85. The van der Waals surface area contributed by atoms with Gasteiger partial charge in [0.15, 0.2) is 0 Å². The summed E-state index contributed by atoms with van der Waals surface area (Å²) >= 11 is 1.74. The van der Waals surface area contributed by atoms with Crippen LogP contribution >= 0.6 is 11.3 Å². The average Bonchev–Trinajstić information content (AvgIpc) is 3.17. The Kier molecular flexibility index (Phi) is 4.63. The van der Waals surface area contributed by atoms with Gasteiger partial charge in [0.05, 0.1) is 4.90 Å². The topological polar surface area (TPSA) is 46.2 Å². The summed E-state index contributed by atoms with van der Waals surface area (Å²) in [5, 5.41) is 2.08. The van der Waals surface area contributed by atoms with Crippen LogP contribution in [-0.2, 0) is 15.4 Å². The van der Waals surface area contributed by atoms with Gasteiger partial charge in [-0.15, -0.1) is 11.3 Å². The van der Waals surface area contributed by atoms with E-state index in [0.717, 1.165) is 24.0 Å². The number of rotatable bonds is 5. The summed E-state index contributed by atoms with van der Waals surface area (Å²) < 4.78 is 28.3. The zero-order valence-electron chi connectivity index (χ0n) is 13.6. The van der Waals surface area contributed by atoms with Crippen molar-refractivity contribution in [1.82, 2.24) is 4.72 Å². The van der Waals surface area contributed by atoms with Gasteiger partial charge in [-0.25, -0.2) is 13.1 Å². The monoisotopic (exact) mass is 349 g/mol. The molecule has 1 fully saturated rings. The normalized spacial score (nSPS) is 17.5. The van der Waals surface area contributed by atoms with Crippen molar-refractivity contribution in [3.63, 3.8) is 0 Å². The largest absolute Gasteiger partial charge is 0.240 e. The molecule has 1 aliphatic rings. The maximum Gasteiger partial charge on any atom is 0.240 e. The lowest BCUT2D eigenvalue weighted by Gasteiger charge is -2.28. The molecular formula is C18H23NO2S2. The summed E-state index contributed by atoms with van der Waals surface area (Å²) in [5.74, 6) is 0. The SMILES string of the molecule is Cc1ccc(S(=O)(=O)NCC2(c3cccs3)CCCC2)c(C)c1. The predicted molar refractivity (Wildman–Crippen MR) is 95.6 cm³/mol. The summed E-state index contributed by atoms with van der Waals surface area (Å²) in [6.45, 7) is 4.32. The minimum Gasteiger partial charge on any atom is -0.210 e. The number of nitrogens with one attached hydrogen (secondary N) is 1. The van der Waals surface area contributed by atoms with Crippen molar-refractivity contribution < 1.29 is 8.42 Å². The van der Waals surface area contributed by atoms with Crippen LogP contribution in [0.4, 0.5) is 0 Å². The maximum atomic E-state index is 12.7. The van der Waals surface area contributed by atoms with Crippen molar-refractivity contribution in [2.75, 3.05) is 6.54 Å². The molecule has 0 amide bonds. The van der Waals surface area contributed by atoms with Crippen LogP contribution in [-0.4, -0.2) is 15.0 Å². The van der Waals surface area contributed by atoms with Crippen LogP contribution in [0.3, 0.4) is 0 Å². The Balaban J connectivity index is 1.83. The van der Waals surface area contributed by atoms with Crippen molar-refractivity contribution in [3.8, 4) is 0 Å². The van der Waals surface area contributed by atoms with Crippen LogP contribution in [0.1, 0.15) is 41.7 Å². The van der Waals surface area contributed by atoms with Crippen molar-refractivity contribution >= 4 is 21.4 Å². The summed E-state index contributed by atoms with van der Waals surface area (Å²) in [6, 6.07) is 9.67. The molecule has 1 aliphatic carbocycles. The lowest BCUT2D eigenvalue weighted by atomic mass is 9.85. The second-order valence-electron chi connectivity index (χ2n) is 6.56. The molecule has 0 spiro atoms. The summed E-state index contributed by atoms with van der Waals surface area (Å²) in [7, 11) is -3.47. The van der Waals surface area contributed by atoms with Gasteiger partial charge < -0.3 is 0 Å². The van der Waals surface area contributed by atoms with Gasteiger partial charge in [-0.2, -0.15) is 0 Å². The molecule has 1 saturated carbocycles. The standard InChI is InChI=1S/C18H23NO2S2/c1-14-7-8-16(15(2)12-14)23(20,21)19-13-18(9-3-4-10-18)17-6-5-11-22-17/h5-8,11-12,19H,3-4,9-10,13H2,1-2H3. The Labute approximate surface area is 142 Å². The Hall–Kier alpha value is -1.17. The van der Waals surface area contributed by atoms with Gasteiger partial charge in [-0.3, -0.25) is 0 Å². The molecule has 1 N–H and O–H groups in total. The van der Waals surface area contributed by atoms with Gasteiger partial charge in [0.1, 0.15) is 0 Å². The molecular weight excluding hydrogens is 326 g/mol. The van der Waals surface area contributed by atoms with E-state index in [0.29, 0.717) is 11.4 Å². The summed E-state index contributed by atoms with van der Waals surface area (Å²) in [6.07, 6.45) is 4.46. The fourth-order valence-corrected chi connectivity index (χ4v) is 5.89. The third-order valence-corrected chi connectivity index (χ3v) is 7.50. The number of hydrogen-bond acceptors (Lipinski definition) is 3. The fourth-order valence-electron chi connectivity index (χ4n) is 3.55. The highest BCUT2D eigenvalue weighted by Crippen LogP contribution is 2.42. The predicted octanol–water partition coefficient (Wildman–Crippen LogP) is 4.16. The van der Waals surface area contributed by atoms with E-state index in [4.69, 9.17) is 0 Å². The zero-order chi connectivity index (χ0) is 16.5. The third-order valence-electron chi connectivity index (χ3n) is 4.83. The fraction of sp³-hybridized carbons (Fsp3) is 0.444.